The van der Waals surface area contributed by atoms with Crippen LogP contribution in [0.1, 0.15) is 25.7 Å². The predicted molar refractivity (Wildman–Crippen MR) is 92.3 cm³/mol. The van der Waals surface area contributed by atoms with E-state index in [2.05, 4.69) is 14.9 Å². The third kappa shape index (κ3) is 3.33. The maximum Gasteiger partial charge on any atom is 0.303 e. The smallest absolute Gasteiger partial charge is 0.303 e. The second-order valence-electron chi connectivity index (χ2n) is 5.95. The fourth-order valence-electron chi connectivity index (χ4n) is 3.11. The molecule has 0 saturated carbocycles. The molecule has 1 amide bonds. The molecule has 128 valence electrons. The fraction of sp³-hybridized carbons (Fsp3) is 0.500. The van der Waals surface area contributed by atoms with Crippen molar-refractivity contribution in [3.8, 4) is 0 Å². The van der Waals surface area contributed by atoms with Crippen LogP contribution in [0.25, 0.3) is 10.2 Å². The molecule has 1 unspecified atom stereocenters. The molecule has 1 aliphatic rings. The summed E-state index contributed by atoms with van der Waals surface area (Å²) in [6, 6.07) is 1.75. The summed E-state index contributed by atoms with van der Waals surface area (Å²) >= 11 is 1.56. The molecule has 3 heterocycles. The van der Waals surface area contributed by atoms with Crippen LogP contribution < -0.4 is 4.90 Å². The summed E-state index contributed by atoms with van der Waals surface area (Å²) in [6.07, 6.45) is 3.82. The summed E-state index contributed by atoms with van der Waals surface area (Å²) in [6.45, 7) is 1.24. The molecule has 8 heteroatoms. The number of amides is 1. The van der Waals surface area contributed by atoms with Gasteiger partial charge in [-0.05, 0) is 30.7 Å². The van der Waals surface area contributed by atoms with Crippen molar-refractivity contribution in [2.24, 2.45) is 0 Å². The lowest BCUT2D eigenvalue weighted by Crippen LogP contribution is -2.45. The Kier molecular flexibility index (Phi) is 4.94. The van der Waals surface area contributed by atoms with E-state index in [0.717, 1.165) is 35.4 Å². The molecule has 0 radical (unpaired) electrons. The van der Waals surface area contributed by atoms with E-state index >= 15 is 0 Å². The Morgan fingerprint density at radius 2 is 2.29 bits per heavy atom. The van der Waals surface area contributed by atoms with E-state index in [9.17, 15) is 9.59 Å². The third-order valence-corrected chi connectivity index (χ3v) is 5.13. The minimum Gasteiger partial charge on any atom is -0.481 e. The van der Waals surface area contributed by atoms with Gasteiger partial charge in [0.05, 0.1) is 5.39 Å². The second-order valence-corrected chi connectivity index (χ2v) is 6.84. The fourth-order valence-corrected chi connectivity index (χ4v) is 3.84. The van der Waals surface area contributed by atoms with Crippen molar-refractivity contribution in [1.29, 1.82) is 0 Å². The first kappa shape index (κ1) is 16.6. The molecule has 1 aliphatic heterocycles. The van der Waals surface area contributed by atoms with Crippen LogP contribution in [-0.4, -0.2) is 58.0 Å². The summed E-state index contributed by atoms with van der Waals surface area (Å²) in [4.78, 5) is 36.7. The van der Waals surface area contributed by atoms with Gasteiger partial charge in [-0.2, -0.15) is 0 Å². The summed E-state index contributed by atoms with van der Waals surface area (Å²) in [5.74, 6) is 0.00935. The van der Waals surface area contributed by atoms with Gasteiger partial charge in [0, 0.05) is 26.6 Å². The molecule has 2 aromatic rings. The number of carboxylic acid groups (broad SMARTS) is 1. The van der Waals surface area contributed by atoms with Crippen molar-refractivity contribution in [2.45, 2.75) is 31.7 Å². The van der Waals surface area contributed by atoms with Gasteiger partial charge >= 0.3 is 5.97 Å². The van der Waals surface area contributed by atoms with Gasteiger partial charge in [-0.3, -0.25) is 9.59 Å². The van der Waals surface area contributed by atoms with E-state index in [1.54, 1.807) is 29.6 Å². The SMILES string of the molecule is CN(CCCC(=O)O)C(=O)C1CCCN1c1ncnc2sccc12. The average molecular weight is 348 g/mol. The molecule has 1 atom stereocenters. The van der Waals surface area contributed by atoms with Crippen LogP contribution in [0.4, 0.5) is 5.82 Å². The van der Waals surface area contributed by atoms with E-state index < -0.39 is 5.97 Å². The van der Waals surface area contributed by atoms with Crippen molar-refractivity contribution in [3.63, 3.8) is 0 Å². The van der Waals surface area contributed by atoms with Crippen LogP contribution in [0.15, 0.2) is 17.8 Å². The van der Waals surface area contributed by atoms with Gasteiger partial charge in [-0.25, -0.2) is 9.97 Å². The monoisotopic (exact) mass is 348 g/mol. The second kappa shape index (κ2) is 7.12. The van der Waals surface area contributed by atoms with Crippen LogP contribution in [0.3, 0.4) is 0 Å². The summed E-state index contributed by atoms with van der Waals surface area (Å²) < 4.78 is 0. The van der Waals surface area contributed by atoms with Gasteiger partial charge in [0.1, 0.15) is 23.0 Å². The zero-order chi connectivity index (χ0) is 17.1. The molecule has 1 N–H and O–H groups in total. The number of rotatable bonds is 6. The lowest BCUT2D eigenvalue weighted by Gasteiger charge is -2.29. The molecular weight excluding hydrogens is 328 g/mol. The zero-order valence-electron chi connectivity index (χ0n) is 13.5. The number of aromatic nitrogens is 2. The van der Waals surface area contributed by atoms with E-state index in [1.807, 2.05) is 11.4 Å². The van der Waals surface area contributed by atoms with Crippen LogP contribution >= 0.6 is 11.3 Å². The van der Waals surface area contributed by atoms with Gasteiger partial charge in [0.2, 0.25) is 5.91 Å². The Balaban J connectivity index is 1.74. The predicted octanol–water partition coefficient (Wildman–Crippen LogP) is 1.98. The van der Waals surface area contributed by atoms with Crippen LogP contribution in [-0.2, 0) is 9.59 Å². The van der Waals surface area contributed by atoms with Crippen LogP contribution in [0.2, 0.25) is 0 Å². The number of carbonyl (C=O) groups is 2. The number of fused-ring (bicyclic) bond motifs is 1. The Labute approximate surface area is 143 Å². The average Bonchev–Trinajstić information content (AvgIpc) is 3.22. The Bertz CT molecular complexity index is 748. The van der Waals surface area contributed by atoms with E-state index in [4.69, 9.17) is 5.11 Å². The summed E-state index contributed by atoms with van der Waals surface area (Å²) in [7, 11) is 1.74. The minimum atomic E-state index is -0.834. The van der Waals surface area contributed by atoms with Gasteiger partial charge in [0.25, 0.3) is 0 Å². The first-order valence-electron chi connectivity index (χ1n) is 7.99. The molecule has 0 aromatic carbocycles. The van der Waals surface area contributed by atoms with E-state index in [1.165, 1.54) is 0 Å². The topological polar surface area (TPSA) is 86.6 Å². The summed E-state index contributed by atoms with van der Waals surface area (Å²) in [5.41, 5.74) is 0. The van der Waals surface area contributed by atoms with Crippen LogP contribution in [0.5, 0.6) is 0 Å². The Hall–Kier alpha value is -2.22. The van der Waals surface area contributed by atoms with Gasteiger partial charge < -0.3 is 14.9 Å². The Morgan fingerprint density at radius 3 is 3.08 bits per heavy atom. The lowest BCUT2D eigenvalue weighted by atomic mass is 10.2. The molecule has 24 heavy (non-hydrogen) atoms. The number of carbonyl (C=O) groups excluding carboxylic acids is 1. The molecule has 7 nitrogen and oxygen atoms in total. The Morgan fingerprint density at radius 1 is 1.46 bits per heavy atom. The van der Waals surface area contributed by atoms with Crippen molar-refractivity contribution >= 4 is 39.2 Å². The molecule has 0 spiro atoms. The number of thiophene rings is 1. The van der Waals surface area contributed by atoms with Gasteiger partial charge in [0.15, 0.2) is 0 Å². The lowest BCUT2D eigenvalue weighted by molar-refractivity contribution is -0.138. The maximum atomic E-state index is 12.8. The van der Waals surface area contributed by atoms with Crippen molar-refractivity contribution in [3.05, 3.63) is 17.8 Å². The minimum absolute atomic E-state index is 0.0277. The highest BCUT2D eigenvalue weighted by Crippen LogP contribution is 2.32. The quantitative estimate of drug-likeness (QED) is 0.859. The van der Waals surface area contributed by atoms with Gasteiger partial charge in [-0.15, -0.1) is 11.3 Å². The zero-order valence-corrected chi connectivity index (χ0v) is 14.3. The van der Waals surface area contributed by atoms with E-state index in [-0.39, 0.29) is 18.4 Å². The normalized spacial score (nSPS) is 17.4. The summed E-state index contributed by atoms with van der Waals surface area (Å²) in [5, 5.41) is 11.7. The number of anilines is 1. The number of aliphatic carboxylic acids is 1. The van der Waals surface area contributed by atoms with Crippen molar-refractivity contribution in [2.75, 3.05) is 25.0 Å². The highest BCUT2D eigenvalue weighted by atomic mass is 32.1. The molecule has 1 fully saturated rings. The molecule has 0 bridgehead atoms. The largest absolute Gasteiger partial charge is 0.481 e. The van der Waals surface area contributed by atoms with Crippen LogP contribution in [0, 0.1) is 0 Å². The number of hydrogen-bond donors (Lipinski definition) is 1. The highest BCUT2D eigenvalue weighted by Gasteiger charge is 2.34. The maximum absolute atomic E-state index is 12.8. The molecular formula is C16H20N4O3S. The highest BCUT2D eigenvalue weighted by molar-refractivity contribution is 7.16. The third-order valence-electron chi connectivity index (χ3n) is 4.31. The van der Waals surface area contributed by atoms with Crippen molar-refractivity contribution in [1.82, 2.24) is 14.9 Å². The number of carboxylic acids is 1. The molecule has 1 saturated heterocycles. The first-order valence-corrected chi connectivity index (χ1v) is 8.87. The standard InChI is InChI=1S/C16H20N4O3S/c1-19(7-3-5-13(21)22)16(23)12-4-2-8-20(12)14-11-6-9-24-15(11)18-10-17-14/h6,9-10,12H,2-5,7-8H2,1H3,(H,21,22). The van der Waals surface area contributed by atoms with Crippen molar-refractivity contribution < 1.29 is 14.7 Å². The number of likely N-dealkylation sites (N-methyl/N-ethyl adjacent to an activating group) is 1. The van der Waals surface area contributed by atoms with E-state index in [0.29, 0.717) is 13.0 Å². The molecule has 0 aliphatic carbocycles. The molecule has 2 aromatic heterocycles. The van der Waals surface area contributed by atoms with Gasteiger partial charge in [-0.1, -0.05) is 0 Å². The first-order chi connectivity index (χ1) is 11.6. The number of nitrogens with zero attached hydrogens (tertiary/aromatic N) is 4. The number of hydrogen-bond acceptors (Lipinski definition) is 6. The molecule has 3 rings (SSSR count).